The number of esters is 2. The molecular formula is C45H77O9P. The van der Waals surface area contributed by atoms with Gasteiger partial charge in [0.25, 0.3) is 0 Å². The van der Waals surface area contributed by atoms with E-state index in [1.807, 2.05) is 12.2 Å². The summed E-state index contributed by atoms with van der Waals surface area (Å²) in [6.07, 6.45) is 50.7. The van der Waals surface area contributed by atoms with Crippen LogP contribution in [0.1, 0.15) is 174 Å². The van der Waals surface area contributed by atoms with E-state index in [9.17, 15) is 14.2 Å². The van der Waals surface area contributed by atoms with Crippen LogP contribution in [-0.2, 0) is 28.2 Å². The number of carbonyl (C=O) groups excluding carboxylic acids is 2. The van der Waals surface area contributed by atoms with E-state index in [-0.39, 0.29) is 26.1 Å². The molecule has 0 heterocycles. The van der Waals surface area contributed by atoms with E-state index in [0.717, 1.165) is 77.0 Å². The molecule has 0 aliphatic heterocycles. The normalized spacial score (nSPS) is 13.2. The minimum absolute atomic E-state index is 0.122. The van der Waals surface area contributed by atoms with Gasteiger partial charge in [-0.2, -0.15) is 0 Å². The lowest BCUT2D eigenvalue weighted by atomic mass is 10.1. The SMILES string of the molecule is CCCCC/C=C\C/C=C\CCCCCCCCCCCC(=O)OC[C@H](COP(=O)(O)O)OC(=O)CCC/C=C\C/C=C\C/C=C\C/C=C\CCCCCO. The Morgan fingerprint density at radius 3 is 1.38 bits per heavy atom. The van der Waals surface area contributed by atoms with E-state index in [4.69, 9.17) is 24.4 Å². The number of allylic oxidation sites excluding steroid dienone is 12. The maximum Gasteiger partial charge on any atom is 0.469 e. The van der Waals surface area contributed by atoms with Crippen molar-refractivity contribution in [3.8, 4) is 0 Å². The molecule has 0 aliphatic carbocycles. The predicted molar refractivity (Wildman–Crippen MR) is 226 cm³/mol. The molecule has 0 unspecified atom stereocenters. The average Bonchev–Trinajstić information content (AvgIpc) is 3.16. The molecule has 316 valence electrons. The Morgan fingerprint density at radius 1 is 0.509 bits per heavy atom. The Balaban J connectivity index is 4.01. The fraction of sp³-hybridized carbons (Fsp3) is 0.689. The van der Waals surface area contributed by atoms with Crippen molar-refractivity contribution in [2.24, 2.45) is 0 Å². The van der Waals surface area contributed by atoms with Crippen molar-refractivity contribution in [3.05, 3.63) is 72.9 Å². The van der Waals surface area contributed by atoms with Gasteiger partial charge in [-0.25, -0.2) is 4.57 Å². The molecule has 3 N–H and O–H groups in total. The Bertz CT molecular complexity index is 1120. The Labute approximate surface area is 334 Å². The number of unbranched alkanes of at least 4 members (excludes halogenated alkanes) is 16. The number of ether oxygens (including phenoxy) is 2. The van der Waals surface area contributed by atoms with Crippen LogP contribution < -0.4 is 0 Å². The van der Waals surface area contributed by atoms with Crippen molar-refractivity contribution >= 4 is 19.8 Å². The monoisotopic (exact) mass is 793 g/mol. The van der Waals surface area contributed by atoms with Gasteiger partial charge in [-0.1, -0.05) is 144 Å². The third-order valence-corrected chi connectivity index (χ3v) is 9.24. The lowest BCUT2D eigenvalue weighted by molar-refractivity contribution is -0.161. The topological polar surface area (TPSA) is 140 Å². The molecule has 9 nitrogen and oxygen atoms in total. The number of carbonyl (C=O) groups is 2. The van der Waals surface area contributed by atoms with E-state index >= 15 is 0 Å². The number of aliphatic hydroxyl groups excluding tert-OH is 1. The second-order valence-corrected chi connectivity index (χ2v) is 15.3. The van der Waals surface area contributed by atoms with Crippen molar-refractivity contribution < 1.29 is 43.0 Å². The van der Waals surface area contributed by atoms with E-state index in [1.54, 1.807) is 0 Å². The van der Waals surface area contributed by atoms with Crippen LogP contribution >= 0.6 is 7.82 Å². The van der Waals surface area contributed by atoms with Crippen LogP contribution in [0.2, 0.25) is 0 Å². The van der Waals surface area contributed by atoms with Crippen molar-refractivity contribution in [1.29, 1.82) is 0 Å². The molecule has 0 amide bonds. The largest absolute Gasteiger partial charge is 0.469 e. The van der Waals surface area contributed by atoms with E-state index in [0.29, 0.717) is 19.3 Å². The molecule has 0 fully saturated rings. The summed E-state index contributed by atoms with van der Waals surface area (Å²) in [4.78, 5) is 42.8. The van der Waals surface area contributed by atoms with Crippen LogP contribution in [0.5, 0.6) is 0 Å². The second-order valence-electron chi connectivity index (χ2n) is 14.0. The number of aliphatic hydroxyl groups is 1. The van der Waals surface area contributed by atoms with E-state index < -0.39 is 32.5 Å². The minimum Gasteiger partial charge on any atom is -0.462 e. The summed E-state index contributed by atoms with van der Waals surface area (Å²) < 4.78 is 26.3. The quantitative estimate of drug-likeness (QED) is 0.0240. The Morgan fingerprint density at radius 2 is 0.909 bits per heavy atom. The maximum absolute atomic E-state index is 12.4. The first kappa shape index (κ1) is 52.5. The molecule has 0 aromatic carbocycles. The molecule has 0 aromatic rings. The molecular weight excluding hydrogens is 715 g/mol. The Kier molecular flexibility index (Phi) is 39.2. The van der Waals surface area contributed by atoms with Gasteiger partial charge in [0.1, 0.15) is 6.61 Å². The second kappa shape index (κ2) is 41.1. The summed E-state index contributed by atoms with van der Waals surface area (Å²) in [5.41, 5.74) is 0. The van der Waals surface area contributed by atoms with Gasteiger partial charge in [-0.3, -0.25) is 14.1 Å². The molecule has 1 atom stereocenters. The molecule has 10 heteroatoms. The highest BCUT2D eigenvalue weighted by Gasteiger charge is 2.22. The molecule has 0 aromatic heterocycles. The summed E-state index contributed by atoms with van der Waals surface area (Å²) in [6, 6.07) is 0. The predicted octanol–water partition coefficient (Wildman–Crippen LogP) is 12.0. The molecule has 0 rings (SSSR count). The van der Waals surface area contributed by atoms with Gasteiger partial charge in [0.2, 0.25) is 0 Å². The highest BCUT2D eigenvalue weighted by Crippen LogP contribution is 2.36. The third kappa shape index (κ3) is 44.0. The Hall–Kier alpha value is -2.55. The minimum atomic E-state index is -4.78. The first-order valence-corrected chi connectivity index (χ1v) is 22.9. The third-order valence-electron chi connectivity index (χ3n) is 8.75. The summed E-state index contributed by atoms with van der Waals surface area (Å²) in [6.45, 7) is 1.62. The molecule has 0 saturated carbocycles. The van der Waals surface area contributed by atoms with Crippen molar-refractivity contribution in [1.82, 2.24) is 0 Å². The van der Waals surface area contributed by atoms with Crippen LogP contribution in [0.4, 0.5) is 0 Å². The fourth-order valence-corrected chi connectivity index (χ4v) is 5.91. The highest BCUT2D eigenvalue weighted by molar-refractivity contribution is 7.46. The molecule has 55 heavy (non-hydrogen) atoms. The van der Waals surface area contributed by atoms with E-state index in [2.05, 4.69) is 72.2 Å². The van der Waals surface area contributed by atoms with Gasteiger partial charge < -0.3 is 24.4 Å². The number of phosphoric ester groups is 1. The number of hydrogen-bond acceptors (Lipinski definition) is 7. The standard InChI is InChI=1S/C45H77O9P/c1-2-3-4-5-6-7-8-9-10-11-12-14-17-20-23-26-29-32-35-38-44(47)52-41-43(42-53-55(49,50)51)54-45(48)39-36-33-30-27-24-21-18-15-13-16-19-22-25-28-31-34-37-40-46/h6-7,9-10,13,16,18,21-22,25,27,30,43,46H,2-5,8,11-12,14-15,17,19-20,23-24,26,28-29,31-42H2,1H3,(H2,49,50,51)/b7-6-,10-9-,16-13-,21-18-,25-22-,30-27-/t43-/m1/s1. The summed E-state index contributed by atoms with van der Waals surface area (Å²) in [5.74, 6) is -0.973. The first-order valence-electron chi connectivity index (χ1n) is 21.3. The van der Waals surface area contributed by atoms with Crippen molar-refractivity contribution in [2.75, 3.05) is 19.8 Å². The zero-order valence-electron chi connectivity index (χ0n) is 34.2. The number of rotatable bonds is 39. The summed E-state index contributed by atoms with van der Waals surface area (Å²) >= 11 is 0. The maximum atomic E-state index is 12.4. The van der Waals surface area contributed by atoms with Crippen LogP contribution in [0.25, 0.3) is 0 Å². The lowest BCUT2D eigenvalue weighted by Crippen LogP contribution is -2.29. The fourth-order valence-electron chi connectivity index (χ4n) is 5.55. The van der Waals surface area contributed by atoms with Gasteiger partial charge in [0.15, 0.2) is 6.10 Å². The lowest BCUT2D eigenvalue weighted by Gasteiger charge is -2.18. The van der Waals surface area contributed by atoms with Crippen LogP contribution in [0.3, 0.4) is 0 Å². The summed E-state index contributed by atoms with van der Waals surface area (Å²) in [5, 5.41) is 8.78. The highest BCUT2D eigenvalue weighted by atomic mass is 31.2. The molecule has 0 bridgehead atoms. The van der Waals surface area contributed by atoms with Crippen molar-refractivity contribution in [2.45, 2.75) is 180 Å². The first-order chi connectivity index (χ1) is 26.8. The molecule has 0 spiro atoms. The number of phosphoric acid groups is 1. The van der Waals surface area contributed by atoms with Gasteiger partial charge in [-0.05, 0) is 89.9 Å². The molecule has 0 saturated heterocycles. The van der Waals surface area contributed by atoms with Crippen LogP contribution in [0, 0.1) is 0 Å². The molecule has 0 radical (unpaired) electrons. The van der Waals surface area contributed by atoms with Gasteiger partial charge in [0, 0.05) is 19.4 Å². The molecule has 0 aliphatic rings. The smallest absolute Gasteiger partial charge is 0.462 e. The van der Waals surface area contributed by atoms with Gasteiger partial charge in [0.05, 0.1) is 6.61 Å². The van der Waals surface area contributed by atoms with Crippen LogP contribution in [-0.4, -0.2) is 52.8 Å². The summed E-state index contributed by atoms with van der Waals surface area (Å²) in [7, 11) is -4.78. The zero-order chi connectivity index (χ0) is 40.3. The zero-order valence-corrected chi connectivity index (χ0v) is 35.1. The van der Waals surface area contributed by atoms with Crippen LogP contribution in [0.15, 0.2) is 72.9 Å². The number of hydrogen-bond donors (Lipinski definition) is 3. The van der Waals surface area contributed by atoms with E-state index in [1.165, 1.54) is 57.8 Å². The average molecular weight is 793 g/mol. The van der Waals surface area contributed by atoms with Gasteiger partial charge in [-0.15, -0.1) is 0 Å². The van der Waals surface area contributed by atoms with Gasteiger partial charge >= 0.3 is 19.8 Å². The van der Waals surface area contributed by atoms with Crippen molar-refractivity contribution in [3.63, 3.8) is 0 Å².